The van der Waals surface area contributed by atoms with Crippen LogP contribution in [0.25, 0.3) is 0 Å². The van der Waals surface area contributed by atoms with E-state index in [1.54, 1.807) is 0 Å². The molecule has 18 heavy (non-hydrogen) atoms. The lowest BCUT2D eigenvalue weighted by Crippen LogP contribution is -2.29. The van der Waals surface area contributed by atoms with Gasteiger partial charge in [-0.25, -0.2) is 0 Å². The quantitative estimate of drug-likeness (QED) is 0.753. The van der Waals surface area contributed by atoms with Gasteiger partial charge in [-0.2, -0.15) is 0 Å². The summed E-state index contributed by atoms with van der Waals surface area (Å²) >= 11 is 0. The van der Waals surface area contributed by atoms with Crippen molar-refractivity contribution in [2.24, 2.45) is 5.92 Å². The Morgan fingerprint density at radius 2 is 2.00 bits per heavy atom. The molecule has 0 spiro atoms. The number of rotatable bonds is 5. The fourth-order valence-corrected chi connectivity index (χ4v) is 3.13. The zero-order valence-electron chi connectivity index (χ0n) is 11.7. The molecule has 0 aromatic heterocycles. The molecule has 3 heteroatoms. The maximum absolute atomic E-state index is 11.8. The van der Waals surface area contributed by atoms with Crippen LogP contribution >= 0.6 is 0 Å². The Labute approximate surface area is 110 Å². The first-order valence-electron chi connectivity index (χ1n) is 7.53. The van der Waals surface area contributed by atoms with Gasteiger partial charge in [0.1, 0.15) is 5.78 Å². The van der Waals surface area contributed by atoms with Gasteiger partial charge in [-0.1, -0.05) is 20.3 Å². The van der Waals surface area contributed by atoms with Gasteiger partial charge >= 0.3 is 0 Å². The largest absolute Gasteiger partial charge is 0.347 e. The summed E-state index contributed by atoms with van der Waals surface area (Å²) in [5, 5.41) is 0. The van der Waals surface area contributed by atoms with Crippen LogP contribution in [0.2, 0.25) is 0 Å². The van der Waals surface area contributed by atoms with E-state index in [9.17, 15) is 4.79 Å². The SMILES string of the molecule is CCC1(CC)OC[C@H](CCC2CCCCC2=O)O1. The number of Topliss-reactive ketones (excluding diaryl/α,β-unsaturated/α-hetero) is 1. The highest BCUT2D eigenvalue weighted by molar-refractivity contribution is 5.81. The van der Waals surface area contributed by atoms with Crippen molar-refractivity contribution in [3.8, 4) is 0 Å². The highest BCUT2D eigenvalue weighted by atomic mass is 16.7. The molecular weight excluding hydrogens is 228 g/mol. The van der Waals surface area contributed by atoms with Crippen molar-refractivity contribution >= 4 is 5.78 Å². The second kappa shape index (κ2) is 6.16. The molecule has 1 unspecified atom stereocenters. The maximum Gasteiger partial charge on any atom is 0.168 e. The summed E-state index contributed by atoms with van der Waals surface area (Å²) in [6, 6.07) is 0. The molecule has 0 amide bonds. The average Bonchev–Trinajstić information content (AvgIpc) is 2.82. The number of carbonyl (C=O) groups is 1. The van der Waals surface area contributed by atoms with Crippen LogP contribution in [0.5, 0.6) is 0 Å². The molecule has 0 N–H and O–H groups in total. The highest BCUT2D eigenvalue weighted by Crippen LogP contribution is 2.33. The molecule has 2 rings (SSSR count). The van der Waals surface area contributed by atoms with Crippen molar-refractivity contribution in [1.82, 2.24) is 0 Å². The smallest absolute Gasteiger partial charge is 0.168 e. The fraction of sp³-hybridized carbons (Fsp3) is 0.933. The minimum Gasteiger partial charge on any atom is -0.347 e. The molecule has 2 fully saturated rings. The minimum atomic E-state index is -0.346. The van der Waals surface area contributed by atoms with Crippen LogP contribution in [0.1, 0.15) is 65.2 Å². The number of hydrogen-bond acceptors (Lipinski definition) is 3. The van der Waals surface area contributed by atoms with Gasteiger partial charge < -0.3 is 9.47 Å². The molecule has 0 aromatic rings. The van der Waals surface area contributed by atoms with E-state index in [-0.39, 0.29) is 11.9 Å². The van der Waals surface area contributed by atoms with Crippen LogP contribution in [-0.2, 0) is 14.3 Å². The monoisotopic (exact) mass is 254 g/mol. The van der Waals surface area contributed by atoms with Crippen LogP contribution in [0.15, 0.2) is 0 Å². The molecule has 0 bridgehead atoms. The van der Waals surface area contributed by atoms with Gasteiger partial charge in [-0.3, -0.25) is 4.79 Å². The van der Waals surface area contributed by atoms with E-state index in [1.165, 1.54) is 6.42 Å². The van der Waals surface area contributed by atoms with E-state index in [1.807, 2.05) is 0 Å². The topological polar surface area (TPSA) is 35.5 Å². The predicted molar refractivity (Wildman–Crippen MR) is 70.3 cm³/mol. The van der Waals surface area contributed by atoms with E-state index in [0.717, 1.165) is 44.9 Å². The van der Waals surface area contributed by atoms with E-state index < -0.39 is 0 Å². The Bertz CT molecular complexity index is 283. The van der Waals surface area contributed by atoms with Crippen LogP contribution in [0, 0.1) is 5.92 Å². The predicted octanol–water partition coefficient (Wildman–Crippen LogP) is 3.46. The maximum atomic E-state index is 11.8. The molecule has 2 atom stereocenters. The molecule has 1 saturated heterocycles. The number of ether oxygens (including phenoxy) is 2. The molecule has 3 nitrogen and oxygen atoms in total. The van der Waals surface area contributed by atoms with Crippen LogP contribution < -0.4 is 0 Å². The second-order valence-electron chi connectivity index (χ2n) is 5.66. The van der Waals surface area contributed by atoms with Crippen LogP contribution in [-0.4, -0.2) is 24.3 Å². The molecule has 1 saturated carbocycles. The van der Waals surface area contributed by atoms with E-state index in [2.05, 4.69) is 13.8 Å². The van der Waals surface area contributed by atoms with Crippen LogP contribution in [0.3, 0.4) is 0 Å². The van der Waals surface area contributed by atoms with Gasteiger partial charge in [0.05, 0.1) is 12.7 Å². The molecule has 0 aromatic carbocycles. The van der Waals surface area contributed by atoms with E-state index in [0.29, 0.717) is 18.3 Å². The lowest BCUT2D eigenvalue weighted by molar-refractivity contribution is -0.172. The van der Waals surface area contributed by atoms with Gasteiger partial charge in [0.15, 0.2) is 5.79 Å². The molecule has 0 radical (unpaired) electrons. The Morgan fingerprint density at radius 3 is 2.61 bits per heavy atom. The van der Waals surface area contributed by atoms with Crippen molar-refractivity contribution in [2.75, 3.05) is 6.61 Å². The van der Waals surface area contributed by atoms with Crippen molar-refractivity contribution in [3.63, 3.8) is 0 Å². The fourth-order valence-electron chi connectivity index (χ4n) is 3.13. The third kappa shape index (κ3) is 3.12. The number of ketones is 1. The summed E-state index contributed by atoms with van der Waals surface area (Å²) in [6.45, 7) is 4.91. The standard InChI is InChI=1S/C15H26O3/c1-3-15(4-2)17-11-13(18-15)10-9-12-7-5-6-8-14(12)16/h12-13H,3-11H2,1-2H3/t12?,13-/m0/s1. The summed E-state index contributed by atoms with van der Waals surface area (Å²) in [5.74, 6) is 0.416. The zero-order valence-corrected chi connectivity index (χ0v) is 11.7. The first-order chi connectivity index (χ1) is 8.69. The van der Waals surface area contributed by atoms with Gasteiger partial charge in [-0.15, -0.1) is 0 Å². The van der Waals surface area contributed by atoms with Gasteiger partial charge in [0.2, 0.25) is 0 Å². The highest BCUT2D eigenvalue weighted by Gasteiger charge is 2.38. The molecule has 1 aliphatic heterocycles. The first-order valence-corrected chi connectivity index (χ1v) is 7.53. The summed E-state index contributed by atoms with van der Waals surface area (Å²) in [7, 11) is 0. The van der Waals surface area contributed by atoms with Gasteiger partial charge in [0.25, 0.3) is 0 Å². The van der Waals surface area contributed by atoms with Crippen molar-refractivity contribution in [3.05, 3.63) is 0 Å². The summed E-state index contributed by atoms with van der Waals surface area (Å²) in [5.41, 5.74) is 0. The third-order valence-corrected chi connectivity index (χ3v) is 4.51. The summed E-state index contributed by atoms with van der Waals surface area (Å²) in [4.78, 5) is 11.8. The number of carbonyl (C=O) groups excluding carboxylic acids is 1. The lowest BCUT2D eigenvalue weighted by atomic mass is 9.84. The van der Waals surface area contributed by atoms with Crippen molar-refractivity contribution < 1.29 is 14.3 Å². The van der Waals surface area contributed by atoms with Gasteiger partial charge in [-0.05, 0) is 38.5 Å². The third-order valence-electron chi connectivity index (χ3n) is 4.51. The summed E-state index contributed by atoms with van der Waals surface area (Å²) < 4.78 is 11.9. The molecule has 1 heterocycles. The van der Waals surface area contributed by atoms with Crippen molar-refractivity contribution in [2.45, 2.75) is 77.1 Å². The lowest BCUT2D eigenvalue weighted by Gasteiger charge is -2.25. The Balaban J connectivity index is 1.76. The van der Waals surface area contributed by atoms with E-state index in [4.69, 9.17) is 9.47 Å². The minimum absolute atomic E-state index is 0.194. The average molecular weight is 254 g/mol. The normalized spacial score (nSPS) is 31.8. The zero-order chi connectivity index (χ0) is 13.0. The van der Waals surface area contributed by atoms with Gasteiger partial charge in [0, 0.05) is 12.3 Å². The molecule has 1 aliphatic carbocycles. The Kier molecular flexibility index (Phi) is 4.79. The molecular formula is C15H26O3. The van der Waals surface area contributed by atoms with Crippen molar-refractivity contribution in [1.29, 1.82) is 0 Å². The van der Waals surface area contributed by atoms with E-state index >= 15 is 0 Å². The second-order valence-corrected chi connectivity index (χ2v) is 5.66. The Hall–Kier alpha value is -0.410. The number of hydrogen-bond donors (Lipinski definition) is 0. The molecule has 2 aliphatic rings. The Morgan fingerprint density at radius 1 is 1.22 bits per heavy atom. The summed E-state index contributed by atoms with van der Waals surface area (Å²) in [6.07, 6.45) is 8.14. The molecule has 104 valence electrons. The van der Waals surface area contributed by atoms with Crippen LogP contribution in [0.4, 0.5) is 0 Å². The first kappa shape index (κ1) is 14.0.